The van der Waals surface area contributed by atoms with Crippen molar-refractivity contribution in [1.29, 1.82) is 0 Å². The van der Waals surface area contributed by atoms with Crippen LogP contribution in [0.5, 0.6) is 0 Å². The molecule has 0 atom stereocenters. The van der Waals surface area contributed by atoms with Gasteiger partial charge in [0.15, 0.2) is 5.16 Å². The Morgan fingerprint density at radius 1 is 0.967 bits per heavy atom. The van der Waals surface area contributed by atoms with Crippen LogP contribution in [0.3, 0.4) is 0 Å². The number of aromatic nitrogens is 2. The van der Waals surface area contributed by atoms with E-state index in [2.05, 4.69) is 11.4 Å². The number of anilines is 1. The summed E-state index contributed by atoms with van der Waals surface area (Å²) < 4.78 is 1.60. The van der Waals surface area contributed by atoms with Gasteiger partial charge in [0.2, 0.25) is 5.91 Å². The summed E-state index contributed by atoms with van der Waals surface area (Å²) in [6, 6.07) is 22.6. The van der Waals surface area contributed by atoms with Crippen molar-refractivity contribution >= 4 is 34.3 Å². The molecule has 6 heteroatoms. The third-order valence-electron chi connectivity index (χ3n) is 4.60. The summed E-state index contributed by atoms with van der Waals surface area (Å²) in [6.07, 6.45) is 0. The molecule has 0 unspecified atom stereocenters. The van der Waals surface area contributed by atoms with E-state index in [0.717, 1.165) is 22.5 Å². The molecule has 4 rings (SSSR count). The van der Waals surface area contributed by atoms with Crippen LogP contribution in [0.4, 0.5) is 5.69 Å². The molecule has 0 saturated heterocycles. The average molecular weight is 416 g/mol. The van der Waals surface area contributed by atoms with Gasteiger partial charge < -0.3 is 5.32 Å². The maximum atomic E-state index is 13.3. The highest BCUT2D eigenvalue weighted by Crippen LogP contribution is 2.23. The topological polar surface area (TPSA) is 64.0 Å². The molecule has 1 heterocycles. The number of benzene rings is 3. The average Bonchev–Trinajstić information content (AvgIpc) is 2.72. The smallest absolute Gasteiger partial charge is 0.266 e. The van der Waals surface area contributed by atoms with Crippen LogP contribution in [0.25, 0.3) is 16.6 Å². The molecule has 4 aromatic rings. The van der Waals surface area contributed by atoms with E-state index in [4.69, 9.17) is 4.98 Å². The number of carbonyl (C=O) groups is 1. The number of nitrogens with one attached hydrogen (secondary N) is 1. The Morgan fingerprint density at radius 2 is 1.63 bits per heavy atom. The van der Waals surface area contributed by atoms with Crippen LogP contribution in [0.1, 0.15) is 11.1 Å². The van der Waals surface area contributed by atoms with Crippen LogP contribution >= 0.6 is 11.8 Å². The van der Waals surface area contributed by atoms with Crippen molar-refractivity contribution in [3.05, 3.63) is 94.3 Å². The van der Waals surface area contributed by atoms with Crippen molar-refractivity contribution in [2.45, 2.75) is 19.0 Å². The second kappa shape index (κ2) is 8.55. The first-order valence-corrected chi connectivity index (χ1v) is 10.6. The Morgan fingerprint density at radius 3 is 2.37 bits per heavy atom. The van der Waals surface area contributed by atoms with Gasteiger partial charge in [-0.15, -0.1) is 0 Å². The highest BCUT2D eigenvalue weighted by Gasteiger charge is 2.15. The fourth-order valence-corrected chi connectivity index (χ4v) is 4.18. The Hall–Kier alpha value is -3.38. The molecule has 0 aliphatic carbocycles. The monoisotopic (exact) mass is 415 g/mol. The molecule has 0 bridgehead atoms. The molecule has 0 fully saturated rings. The zero-order chi connectivity index (χ0) is 21.1. The van der Waals surface area contributed by atoms with Crippen LogP contribution in [-0.2, 0) is 4.79 Å². The summed E-state index contributed by atoms with van der Waals surface area (Å²) in [4.78, 5) is 30.5. The maximum Gasteiger partial charge on any atom is 0.266 e. The van der Waals surface area contributed by atoms with Crippen LogP contribution in [0, 0.1) is 13.8 Å². The third kappa shape index (κ3) is 4.28. The Labute approximate surface area is 178 Å². The number of thioether (sulfide) groups is 1. The molecule has 0 saturated carbocycles. The van der Waals surface area contributed by atoms with Crippen molar-refractivity contribution in [3.63, 3.8) is 0 Å². The number of amides is 1. The predicted molar refractivity (Wildman–Crippen MR) is 123 cm³/mol. The fraction of sp³-hybridized carbons (Fsp3) is 0.125. The van der Waals surface area contributed by atoms with Gasteiger partial charge in [-0.2, -0.15) is 0 Å². The molecule has 30 heavy (non-hydrogen) atoms. The van der Waals surface area contributed by atoms with Crippen molar-refractivity contribution in [3.8, 4) is 5.69 Å². The van der Waals surface area contributed by atoms with E-state index in [0.29, 0.717) is 16.1 Å². The Balaban J connectivity index is 1.72. The zero-order valence-electron chi connectivity index (χ0n) is 16.8. The fourth-order valence-electron chi connectivity index (χ4n) is 3.37. The van der Waals surface area contributed by atoms with E-state index in [-0.39, 0.29) is 17.2 Å². The quantitative estimate of drug-likeness (QED) is 0.378. The first kappa shape index (κ1) is 19.9. The number of nitrogens with zero attached hydrogens (tertiary/aromatic N) is 2. The molecule has 3 aromatic carbocycles. The van der Waals surface area contributed by atoms with Gasteiger partial charge in [0, 0.05) is 5.69 Å². The molecule has 1 amide bonds. The number of hydrogen-bond donors (Lipinski definition) is 1. The molecule has 1 N–H and O–H groups in total. The van der Waals surface area contributed by atoms with Gasteiger partial charge in [-0.3, -0.25) is 14.2 Å². The Kier molecular flexibility index (Phi) is 5.68. The van der Waals surface area contributed by atoms with Crippen molar-refractivity contribution < 1.29 is 4.79 Å². The minimum absolute atomic E-state index is 0.142. The van der Waals surface area contributed by atoms with Crippen LogP contribution < -0.4 is 10.9 Å². The minimum Gasteiger partial charge on any atom is -0.325 e. The molecular weight excluding hydrogens is 394 g/mol. The summed E-state index contributed by atoms with van der Waals surface area (Å²) >= 11 is 1.25. The summed E-state index contributed by atoms with van der Waals surface area (Å²) in [5, 5.41) is 3.91. The second-order valence-electron chi connectivity index (χ2n) is 7.10. The van der Waals surface area contributed by atoms with Gasteiger partial charge in [-0.05, 0) is 61.4 Å². The summed E-state index contributed by atoms with van der Waals surface area (Å²) in [7, 11) is 0. The van der Waals surface area contributed by atoms with Gasteiger partial charge in [0.25, 0.3) is 5.56 Å². The van der Waals surface area contributed by atoms with Gasteiger partial charge in [0.05, 0.1) is 22.3 Å². The summed E-state index contributed by atoms with van der Waals surface area (Å²) in [5.41, 5.74) is 4.08. The van der Waals surface area contributed by atoms with Gasteiger partial charge in [-0.1, -0.05) is 48.2 Å². The highest BCUT2D eigenvalue weighted by atomic mass is 32.2. The van der Waals surface area contributed by atoms with E-state index in [9.17, 15) is 9.59 Å². The van der Waals surface area contributed by atoms with Crippen LogP contribution in [0.2, 0.25) is 0 Å². The normalized spacial score (nSPS) is 10.9. The first-order chi connectivity index (χ1) is 14.5. The molecule has 0 aliphatic heterocycles. The predicted octanol–water partition coefficient (Wildman–Crippen LogP) is 4.73. The van der Waals surface area contributed by atoms with Gasteiger partial charge in [-0.25, -0.2) is 4.98 Å². The van der Waals surface area contributed by atoms with E-state index < -0.39 is 0 Å². The summed E-state index contributed by atoms with van der Waals surface area (Å²) in [5.74, 6) is -0.00891. The first-order valence-electron chi connectivity index (χ1n) is 9.59. The molecule has 1 aromatic heterocycles. The SMILES string of the molecule is Cc1cc(C)cc(-n2c(SCC(=O)Nc3ccccc3)nc3ccccc3c2=O)c1. The molecule has 0 aliphatic rings. The van der Waals surface area contributed by atoms with Crippen molar-refractivity contribution in [1.82, 2.24) is 9.55 Å². The van der Waals surface area contributed by atoms with E-state index in [1.54, 1.807) is 10.6 Å². The van der Waals surface area contributed by atoms with E-state index in [1.165, 1.54) is 11.8 Å². The number of fused-ring (bicyclic) bond motifs is 1. The molecule has 0 radical (unpaired) electrons. The lowest BCUT2D eigenvalue weighted by molar-refractivity contribution is -0.113. The van der Waals surface area contributed by atoms with Crippen molar-refractivity contribution in [2.75, 3.05) is 11.1 Å². The van der Waals surface area contributed by atoms with E-state index in [1.807, 2.05) is 74.5 Å². The number of hydrogen-bond acceptors (Lipinski definition) is 4. The molecule has 150 valence electrons. The Bertz CT molecular complexity index is 1260. The standard InChI is InChI=1S/C24H21N3O2S/c1-16-12-17(2)14-19(13-16)27-23(29)20-10-6-7-11-21(20)26-24(27)30-15-22(28)25-18-8-4-3-5-9-18/h3-14H,15H2,1-2H3,(H,25,28). The minimum atomic E-state index is -0.152. The van der Waals surface area contributed by atoms with Crippen molar-refractivity contribution in [2.24, 2.45) is 0 Å². The van der Waals surface area contributed by atoms with Gasteiger partial charge >= 0.3 is 0 Å². The number of rotatable bonds is 5. The largest absolute Gasteiger partial charge is 0.325 e. The number of para-hydroxylation sites is 2. The number of aryl methyl sites for hydroxylation is 2. The van der Waals surface area contributed by atoms with Gasteiger partial charge in [0.1, 0.15) is 0 Å². The van der Waals surface area contributed by atoms with Crippen LogP contribution in [0.15, 0.2) is 82.7 Å². The van der Waals surface area contributed by atoms with E-state index >= 15 is 0 Å². The lowest BCUT2D eigenvalue weighted by atomic mass is 10.1. The molecule has 0 spiro atoms. The highest BCUT2D eigenvalue weighted by molar-refractivity contribution is 7.99. The summed E-state index contributed by atoms with van der Waals surface area (Å²) in [6.45, 7) is 3.99. The van der Waals surface area contributed by atoms with Crippen LogP contribution in [-0.4, -0.2) is 21.2 Å². The maximum absolute atomic E-state index is 13.3. The molecular formula is C24H21N3O2S. The lowest BCUT2D eigenvalue weighted by Gasteiger charge is -2.14. The number of carbonyl (C=O) groups excluding carboxylic acids is 1. The third-order valence-corrected chi connectivity index (χ3v) is 5.54. The second-order valence-corrected chi connectivity index (χ2v) is 8.04. The lowest BCUT2D eigenvalue weighted by Crippen LogP contribution is -2.23. The zero-order valence-corrected chi connectivity index (χ0v) is 17.6. The molecule has 5 nitrogen and oxygen atoms in total.